The van der Waals surface area contributed by atoms with Crippen molar-refractivity contribution in [3.63, 3.8) is 0 Å². The van der Waals surface area contributed by atoms with Gasteiger partial charge in [-0.25, -0.2) is 0 Å². The molecule has 470 valence electrons. The number of anilines is 6. The molecule has 0 fully saturated rings. The van der Waals surface area contributed by atoms with Crippen molar-refractivity contribution >= 4 is 101 Å². The zero-order valence-corrected chi connectivity index (χ0v) is 55.2. The van der Waals surface area contributed by atoms with Gasteiger partial charge in [-0.3, -0.25) is 0 Å². The van der Waals surface area contributed by atoms with Crippen LogP contribution in [0.15, 0.2) is 382 Å². The van der Waals surface area contributed by atoms with E-state index in [1.807, 2.05) is 0 Å². The Hall–Kier alpha value is -13.2. The third-order valence-corrected chi connectivity index (χ3v) is 21.0. The summed E-state index contributed by atoms with van der Waals surface area (Å²) in [4.78, 5) is 5.28. The van der Waals surface area contributed by atoms with Crippen LogP contribution in [0.5, 0.6) is 0 Å². The zero-order chi connectivity index (χ0) is 66.5. The second-order valence-electron chi connectivity index (χ2n) is 26.7. The molecule has 0 amide bonds. The lowest BCUT2D eigenvalue weighted by atomic mass is 9.33. The van der Waals surface area contributed by atoms with Gasteiger partial charge in [0.25, 0.3) is 6.71 Å². The van der Waals surface area contributed by atoms with E-state index < -0.39 is 0 Å². The van der Waals surface area contributed by atoms with Crippen LogP contribution in [0.25, 0.3) is 133 Å². The maximum Gasteiger partial charge on any atom is 0.252 e. The largest absolute Gasteiger partial charge is 0.311 e. The van der Waals surface area contributed by atoms with Crippen molar-refractivity contribution in [2.24, 2.45) is 0 Å². The van der Waals surface area contributed by atoms with Gasteiger partial charge in [0.1, 0.15) is 0 Å². The molecule has 0 bridgehead atoms. The highest BCUT2D eigenvalue weighted by atomic mass is 15.2. The number of rotatable bonds is 11. The lowest BCUT2D eigenvalue weighted by Gasteiger charge is -2.45. The highest BCUT2D eigenvalue weighted by molar-refractivity contribution is 7.00. The summed E-state index contributed by atoms with van der Waals surface area (Å²) in [7, 11) is 0. The zero-order valence-electron chi connectivity index (χ0n) is 55.2. The van der Waals surface area contributed by atoms with Gasteiger partial charge >= 0.3 is 0 Å². The number of para-hydroxylation sites is 4. The lowest BCUT2D eigenvalue weighted by molar-refractivity contribution is 1.17. The first-order chi connectivity index (χ1) is 50.1. The molecule has 20 rings (SSSR count). The predicted molar refractivity (Wildman–Crippen MR) is 427 cm³/mol. The molecule has 4 heterocycles. The van der Waals surface area contributed by atoms with Gasteiger partial charge in [0.05, 0.1) is 22.1 Å². The van der Waals surface area contributed by atoms with Crippen molar-refractivity contribution in [2.45, 2.75) is 0 Å². The number of fused-ring (bicyclic) bond motifs is 10. The minimum atomic E-state index is -0.249. The maximum absolute atomic E-state index is 2.64. The van der Waals surface area contributed by atoms with Gasteiger partial charge in [-0.1, -0.05) is 285 Å². The summed E-state index contributed by atoms with van der Waals surface area (Å²) in [6, 6.07) is 143. The van der Waals surface area contributed by atoms with Crippen LogP contribution >= 0.6 is 0 Å². The molecule has 16 aromatic carbocycles. The smallest absolute Gasteiger partial charge is 0.252 e. The average Bonchev–Trinajstić information content (AvgIpc) is 0.945. The fourth-order valence-corrected chi connectivity index (χ4v) is 16.6. The van der Waals surface area contributed by atoms with Crippen LogP contribution in [-0.4, -0.2) is 15.8 Å². The molecule has 0 atom stereocenters. The lowest BCUT2D eigenvalue weighted by Crippen LogP contribution is -2.61. The average molecular weight is 1280 g/mol. The van der Waals surface area contributed by atoms with Crippen molar-refractivity contribution < 1.29 is 0 Å². The molecule has 0 aliphatic carbocycles. The number of hydrogen-bond donors (Lipinski definition) is 0. The second kappa shape index (κ2) is 23.8. The van der Waals surface area contributed by atoms with Gasteiger partial charge in [0.2, 0.25) is 0 Å². The first kappa shape index (κ1) is 58.0. The Morgan fingerprint density at radius 1 is 0.188 bits per heavy atom. The molecule has 2 aromatic heterocycles. The fraction of sp³-hybridized carbons (Fsp3) is 0. The Bertz CT molecular complexity index is 5670. The van der Waals surface area contributed by atoms with E-state index in [1.165, 1.54) is 37.9 Å². The molecule has 2 aliphatic heterocycles. The summed E-state index contributed by atoms with van der Waals surface area (Å²) in [5.41, 5.74) is 32.9. The van der Waals surface area contributed by atoms with E-state index in [-0.39, 0.29) is 6.71 Å². The Morgan fingerprint density at radius 3 is 0.812 bits per heavy atom. The van der Waals surface area contributed by atoms with Gasteiger partial charge in [0, 0.05) is 67.0 Å². The Balaban J connectivity index is 0.964. The highest BCUT2D eigenvalue weighted by Gasteiger charge is 2.45. The molecule has 0 spiro atoms. The van der Waals surface area contributed by atoms with E-state index in [1.54, 1.807) is 0 Å². The third kappa shape index (κ3) is 9.61. The molecule has 18 aromatic rings. The molecule has 101 heavy (non-hydrogen) atoms. The van der Waals surface area contributed by atoms with Crippen LogP contribution in [0.4, 0.5) is 34.1 Å². The number of hydrogen-bond acceptors (Lipinski definition) is 2. The van der Waals surface area contributed by atoms with Crippen molar-refractivity contribution in [3.05, 3.63) is 382 Å². The molecule has 2 aliphatic rings. The summed E-state index contributed by atoms with van der Waals surface area (Å²) in [5, 5.41) is 4.88. The van der Waals surface area contributed by atoms with E-state index in [2.05, 4.69) is 401 Å². The number of nitrogens with zero attached hydrogens (tertiary/aromatic N) is 4. The first-order valence-electron chi connectivity index (χ1n) is 34.9. The molecule has 4 nitrogen and oxygen atoms in total. The first-order valence-corrected chi connectivity index (χ1v) is 34.9. The van der Waals surface area contributed by atoms with Crippen LogP contribution in [-0.2, 0) is 0 Å². The summed E-state index contributed by atoms with van der Waals surface area (Å²) in [6.45, 7) is -0.249. The van der Waals surface area contributed by atoms with E-state index in [0.29, 0.717) is 0 Å². The van der Waals surface area contributed by atoms with Gasteiger partial charge in [0.15, 0.2) is 0 Å². The highest BCUT2D eigenvalue weighted by Crippen LogP contribution is 2.52. The van der Waals surface area contributed by atoms with Gasteiger partial charge in [-0.2, -0.15) is 0 Å². The SMILES string of the molecule is c1ccc(-c2cc(-c3ccccc3)cc(N3c4cc(-n5c6ccccc6c6ccccc65)ccc4B4c5ccc(-n6c7ccccc7c7ccccc76)cc5N(c5cc(-c6ccccc6)cc(-c6ccccc6)c5)c5cc(-c6c(-c7ccccc7)cccc6-c6ccccc6)cc3c54)c2)cc1. The third-order valence-electron chi connectivity index (χ3n) is 21.0. The van der Waals surface area contributed by atoms with Crippen molar-refractivity contribution in [2.75, 3.05) is 9.80 Å². The van der Waals surface area contributed by atoms with Crippen LogP contribution < -0.4 is 26.2 Å². The molecule has 0 N–H and O–H groups in total. The van der Waals surface area contributed by atoms with Crippen LogP contribution in [0.1, 0.15) is 0 Å². The second-order valence-corrected chi connectivity index (χ2v) is 26.7. The van der Waals surface area contributed by atoms with E-state index in [9.17, 15) is 0 Å². The molecule has 0 saturated carbocycles. The molecular formula is C96H63BN4. The topological polar surface area (TPSA) is 16.3 Å². The maximum atomic E-state index is 2.64. The summed E-state index contributed by atoms with van der Waals surface area (Å²) >= 11 is 0. The quantitative estimate of drug-likeness (QED) is 0.120. The summed E-state index contributed by atoms with van der Waals surface area (Å²) in [5.74, 6) is 0. The molecule has 0 saturated heterocycles. The Kier molecular flexibility index (Phi) is 13.7. The van der Waals surface area contributed by atoms with Crippen LogP contribution in [0, 0.1) is 0 Å². The minimum absolute atomic E-state index is 0.249. The Morgan fingerprint density at radius 2 is 0.485 bits per heavy atom. The van der Waals surface area contributed by atoms with Crippen molar-refractivity contribution in [3.8, 4) is 89.3 Å². The Labute approximate surface area is 587 Å². The van der Waals surface area contributed by atoms with Gasteiger partial charge in [-0.15, -0.1) is 0 Å². The fourth-order valence-electron chi connectivity index (χ4n) is 16.6. The normalized spacial score (nSPS) is 12.3. The van der Waals surface area contributed by atoms with Crippen molar-refractivity contribution in [1.82, 2.24) is 9.13 Å². The standard InChI is InChI=1S/C96H63BN4/c1-7-28-64(29-8-1)70-54-71(65-30-9-2-10-31-65)57-77(56-70)100-91-62-75(98-87-46-23-19-40-81(87)82-41-20-24-47-88(82)98)50-52-85(91)97-86-53-51-76(99-89-48-25-21-42-83(89)84-43-22-26-49-90(84)99)63-92(86)101(78-58-72(66-32-11-3-12-33-66)55-73(59-78)67-34-13-4-14-35-67)94-61-74(60-93(100)96(94)97)95-79(68-36-15-5-16-37-68)44-27-45-80(95)69-38-17-6-18-39-69/h1-63H. The van der Waals surface area contributed by atoms with Crippen LogP contribution in [0.3, 0.4) is 0 Å². The summed E-state index contributed by atoms with van der Waals surface area (Å²) in [6.07, 6.45) is 0. The molecule has 5 heteroatoms. The molecule has 0 unspecified atom stereocenters. The van der Waals surface area contributed by atoms with Gasteiger partial charge < -0.3 is 18.9 Å². The number of benzene rings is 16. The monoisotopic (exact) mass is 1280 g/mol. The van der Waals surface area contributed by atoms with E-state index >= 15 is 0 Å². The van der Waals surface area contributed by atoms with Crippen LogP contribution in [0.2, 0.25) is 0 Å². The predicted octanol–water partition coefficient (Wildman–Crippen LogP) is 23.6. The minimum Gasteiger partial charge on any atom is -0.311 e. The molecular weight excluding hydrogens is 1220 g/mol. The van der Waals surface area contributed by atoms with Gasteiger partial charge in [-0.05, 0) is 191 Å². The summed E-state index contributed by atoms with van der Waals surface area (Å²) < 4.78 is 4.97. The molecule has 0 radical (unpaired) electrons. The number of aromatic nitrogens is 2. The van der Waals surface area contributed by atoms with E-state index in [0.717, 1.165) is 145 Å². The van der Waals surface area contributed by atoms with Crippen molar-refractivity contribution in [1.29, 1.82) is 0 Å². The van der Waals surface area contributed by atoms with E-state index in [4.69, 9.17) is 0 Å².